The Bertz CT molecular complexity index is 1050. The maximum atomic E-state index is 12.9. The van der Waals surface area contributed by atoms with Gasteiger partial charge in [0.05, 0.1) is 11.1 Å². The predicted molar refractivity (Wildman–Crippen MR) is 105 cm³/mol. The average molecular weight is 418 g/mol. The standard InChI is InChI=1S/C20H21F3N6O/c1-13-4-3-5-15-12-29(26-17(13)15)14(2)18(30)27-6-8-28(9-7-27)19-24-10-16(11-25-19)20(21,22)23/h3-5,10-12,14H,6-9H2,1-2H3. The molecule has 1 aromatic carbocycles. The number of aryl methyl sites for hydroxylation is 1. The number of carbonyl (C=O) groups excluding carboxylic acids is 1. The number of alkyl halides is 3. The normalized spacial score (nSPS) is 16.2. The molecule has 3 aromatic rings. The quantitative estimate of drug-likeness (QED) is 0.654. The van der Waals surface area contributed by atoms with Gasteiger partial charge in [-0.05, 0) is 19.4 Å². The van der Waals surface area contributed by atoms with Crippen molar-refractivity contribution in [3.8, 4) is 0 Å². The van der Waals surface area contributed by atoms with Crippen LogP contribution in [-0.2, 0) is 11.0 Å². The van der Waals surface area contributed by atoms with Gasteiger partial charge in [0, 0.05) is 50.2 Å². The zero-order chi connectivity index (χ0) is 21.5. The topological polar surface area (TPSA) is 67.2 Å². The highest BCUT2D eigenvalue weighted by molar-refractivity contribution is 5.84. The molecule has 1 aliphatic rings. The van der Waals surface area contributed by atoms with E-state index >= 15 is 0 Å². The lowest BCUT2D eigenvalue weighted by Gasteiger charge is -2.35. The summed E-state index contributed by atoms with van der Waals surface area (Å²) in [6, 6.07) is 5.45. The Balaban J connectivity index is 1.40. The maximum Gasteiger partial charge on any atom is 0.419 e. The molecule has 1 amide bonds. The first-order valence-corrected chi connectivity index (χ1v) is 9.61. The van der Waals surface area contributed by atoms with Crippen molar-refractivity contribution in [2.45, 2.75) is 26.1 Å². The van der Waals surface area contributed by atoms with Crippen LogP contribution in [0.25, 0.3) is 10.9 Å². The molecule has 0 spiro atoms. The van der Waals surface area contributed by atoms with Crippen LogP contribution in [0.2, 0.25) is 0 Å². The minimum atomic E-state index is -4.46. The summed E-state index contributed by atoms with van der Waals surface area (Å²) in [4.78, 5) is 24.1. The highest BCUT2D eigenvalue weighted by Gasteiger charge is 2.32. The van der Waals surface area contributed by atoms with Crippen molar-refractivity contribution in [2.75, 3.05) is 31.1 Å². The van der Waals surface area contributed by atoms with Crippen molar-refractivity contribution < 1.29 is 18.0 Å². The van der Waals surface area contributed by atoms with Crippen molar-refractivity contribution >= 4 is 22.8 Å². The summed E-state index contributed by atoms with van der Waals surface area (Å²) in [5.41, 5.74) is 1.05. The lowest BCUT2D eigenvalue weighted by molar-refractivity contribution is -0.138. The summed E-state index contributed by atoms with van der Waals surface area (Å²) in [7, 11) is 0. The molecule has 1 saturated heterocycles. The lowest BCUT2D eigenvalue weighted by Crippen LogP contribution is -2.50. The van der Waals surface area contributed by atoms with Crippen LogP contribution >= 0.6 is 0 Å². The second-order valence-corrected chi connectivity index (χ2v) is 7.38. The first-order chi connectivity index (χ1) is 14.2. The van der Waals surface area contributed by atoms with Crippen LogP contribution in [0.5, 0.6) is 0 Å². The van der Waals surface area contributed by atoms with E-state index in [1.165, 1.54) is 0 Å². The summed E-state index contributed by atoms with van der Waals surface area (Å²) in [5, 5.41) is 5.55. The van der Waals surface area contributed by atoms with Crippen molar-refractivity contribution in [3.05, 3.63) is 47.9 Å². The Morgan fingerprint density at radius 1 is 1.10 bits per heavy atom. The zero-order valence-electron chi connectivity index (χ0n) is 16.6. The van der Waals surface area contributed by atoms with Crippen LogP contribution < -0.4 is 4.90 Å². The number of hydrogen-bond acceptors (Lipinski definition) is 5. The second kappa shape index (κ2) is 7.58. The Labute approximate surface area is 171 Å². The van der Waals surface area contributed by atoms with Gasteiger partial charge in [0.1, 0.15) is 6.04 Å². The minimum absolute atomic E-state index is 0.0477. The van der Waals surface area contributed by atoms with Crippen LogP contribution in [0.4, 0.5) is 19.1 Å². The summed E-state index contributed by atoms with van der Waals surface area (Å²) in [5.74, 6) is 0.186. The highest BCUT2D eigenvalue weighted by Crippen LogP contribution is 2.28. The van der Waals surface area contributed by atoms with E-state index in [4.69, 9.17) is 0 Å². The van der Waals surface area contributed by atoms with Crippen LogP contribution in [-0.4, -0.2) is 56.7 Å². The molecule has 158 valence electrons. The molecule has 0 aliphatic carbocycles. The fourth-order valence-corrected chi connectivity index (χ4v) is 3.54. The predicted octanol–water partition coefficient (Wildman–Crippen LogP) is 3.06. The third-order valence-corrected chi connectivity index (χ3v) is 5.35. The molecule has 30 heavy (non-hydrogen) atoms. The molecular formula is C20H21F3N6O. The molecular weight excluding hydrogens is 397 g/mol. The van der Waals surface area contributed by atoms with Crippen molar-refractivity contribution in [2.24, 2.45) is 0 Å². The summed E-state index contributed by atoms with van der Waals surface area (Å²) in [6.45, 7) is 5.57. The van der Waals surface area contributed by atoms with E-state index in [2.05, 4.69) is 15.1 Å². The Morgan fingerprint density at radius 3 is 2.37 bits per heavy atom. The molecule has 1 atom stereocenters. The number of hydrogen-bond donors (Lipinski definition) is 0. The van der Waals surface area contributed by atoms with Crippen LogP contribution in [0, 0.1) is 6.92 Å². The van der Waals surface area contributed by atoms with Gasteiger partial charge in [-0.3, -0.25) is 9.48 Å². The highest BCUT2D eigenvalue weighted by atomic mass is 19.4. The van der Waals surface area contributed by atoms with Gasteiger partial charge in [-0.2, -0.15) is 18.3 Å². The first-order valence-electron chi connectivity index (χ1n) is 9.61. The third-order valence-electron chi connectivity index (χ3n) is 5.35. The minimum Gasteiger partial charge on any atom is -0.337 e. The van der Waals surface area contributed by atoms with Gasteiger partial charge in [-0.25, -0.2) is 9.97 Å². The number of piperazine rings is 1. The van der Waals surface area contributed by atoms with Gasteiger partial charge < -0.3 is 9.80 Å². The summed E-state index contributed by atoms with van der Waals surface area (Å²) < 4.78 is 39.7. The van der Waals surface area contributed by atoms with E-state index in [9.17, 15) is 18.0 Å². The molecule has 2 aromatic heterocycles. The number of fused-ring (bicyclic) bond motifs is 1. The molecule has 0 bridgehead atoms. The number of benzene rings is 1. The van der Waals surface area contributed by atoms with Gasteiger partial charge in [-0.15, -0.1) is 0 Å². The zero-order valence-corrected chi connectivity index (χ0v) is 16.6. The van der Waals surface area contributed by atoms with Gasteiger partial charge in [0.25, 0.3) is 0 Å². The second-order valence-electron chi connectivity index (χ2n) is 7.38. The molecule has 1 aliphatic heterocycles. The number of nitrogens with zero attached hydrogens (tertiary/aromatic N) is 6. The van der Waals surface area contributed by atoms with E-state index in [1.54, 1.807) is 14.5 Å². The molecule has 0 radical (unpaired) electrons. The molecule has 10 heteroatoms. The first kappa shape index (κ1) is 20.1. The van der Waals surface area contributed by atoms with E-state index in [-0.39, 0.29) is 11.9 Å². The lowest BCUT2D eigenvalue weighted by atomic mass is 10.2. The van der Waals surface area contributed by atoms with Crippen LogP contribution in [0.15, 0.2) is 36.8 Å². The maximum absolute atomic E-state index is 12.9. The molecule has 0 saturated carbocycles. The molecule has 1 unspecified atom stereocenters. The summed E-state index contributed by atoms with van der Waals surface area (Å²) >= 11 is 0. The molecule has 3 heterocycles. The van der Waals surface area contributed by atoms with Crippen molar-refractivity contribution in [3.63, 3.8) is 0 Å². The monoisotopic (exact) mass is 418 g/mol. The van der Waals surface area contributed by atoms with Gasteiger partial charge in [-0.1, -0.05) is 18.2 Å². The average Bonchev–Trinajstić information content (AvgIpc) is 3.18. The fraction of sp³-hybridized carbons (Fsp3) is 0.400. The number of halogens is 3. The van der Waals surface area contributed by atoms with E-state index in [1.807, 2.05) is 38.2 Å². The number of carbonyl (C=O) groups is 1. The van der Waals surface area contributed by atoms with E-state index in [0.717, 1.165) is 28.9 Å². The summed E-state index contributed by atoms with van der Waals surface area (Å²) in [6.07, 6.45) is -1.02. The molecule has 0 N–H and O–H groups in total. The van der Waals surface area contributed by atoms with Gasteiger partial charge in [0.15, 0.2) is 0 Å². The van der Waals surface area contributed by atoms with Crippen molar-refractivity contribution in [1.29, 1.82) is 0 Å². The van der Waals surface area contributed by atoms with Crippen LogP contribution in [0.1, 0.15) is 24.1 Å². The largest absolute Gasteiger partial charge is 0.419 e. The Hall–Kier alpha value is -3.17. The van der Waals surface area contributed by atoms with E-state index in [0.29, 0.717) is 26.2 Å². The smallest absolute Gasteiger partial charge is 0.337 e. The fourth-order valence-electron chi connectivity index (χ4n) is 3.54. The van der Waals surface area contributed by atoms with Crippen molar-refractivity contribution in [1.82, 2.24) is 24.6 Å². The molecule has 7 nitrogen and oxygen atoms in total. The molecule has 1 fully saturated rings. The van der Waals surface area contributed by atoms with Crippen LogP contribution in [0.3, 0.4) is 0 Å². The SMILES string of the molecule is Cc1cccc2cn(C(C)C(=O)N3CCN(c4ncc(C(F)(F)F)cn4)CC3)nc12. The van der Waals surface area contributed by atoms with Gasteiger partial charge >= 0.3 is 6.18 Å². The Kier molecular flexibility index (Phi) is 5.08. The Morgan fingerprint density at radius 2 is 1.77 bits per heavy atom. The molecule has 4 rings (SSSR count). The van der Waals surface area contributed by atoms with Gasteiger partial charge in [0.2, 0.25) is 11.9 Å². The number of amides is 1. The van der Waals surface area contributed by atoms with E-state index < -0.39 is 17.8 Å². The number of aromatic nitrogens is 4. The third kappa shape index (κ3) is 3.81. The number of rotatable bonds is 3. The number of anilines is 1.